The molecule has 2 aromatic rings. The third-order valence-corrected chi connectivity index (χ3v) is 5.90. The van der Waals surface area contributed by atoms with Gasteiger partial charge in [0.05, 0.1) is 19.6 Å². The number of carbonyl (C=O) groups is 1. The molecule has 1 aromatic heterocycles. The van der Waals surface area contributed by atoms with Gasteiger partial charge >= 0.3 is 0 Å². The summed E-state index contributed by atoms with van der Waals surface area (Å²) in [6, 6.07) is 12.4. The van der Waals surface area contributed by atoms with E-state index in [4.69, 9.17) is 0 Å². The van der Waals surface area contributed by atoms with Crippen molar-refractivity contribution in [1.29, 1.82) is 0 Å². The number of quaternary nitrogens is 1. The quantitative estimate of drug-likeness (QED) is 0.637. The summed E-state index contributed by atoms with van der Waals surface area (Å²) < 4.78 is 3.19. The molecule has 0 aliphatic carbocycles. The minimum absolute atomic E-state index is 0.306. The van der Waals surface area contributed by atoms with Crippen molar-refractivity contribution in [3.05, 3.63) is 53.3 Å². The number of hydrogen-bond donors (Lipinski definition) is 0. The van der Waals surface area contributed by atoms with E-state index in [2.05, 4.69) is 41.5 Å². The van der Waals surface area contributed by atoms with Gasteiger partial charge in [-0.2, -0.15) is 0 Å². The van der Waals surface area contributed by atoms with E-state index in [0.29, 0.717) is 12.3 Å². The van der Waals surface area contributed by atoms with Crippen LogP contribution in [0.4, 0.5) is 0 Å². The number of ketones is 1. The van der Waals surface area contributed by atoms with Crippen LogP contribution in [-0.4, -0.2) is 65.5 Å². The van der Waals surface area contributed by atoms with Crippen LogP contribution >= 0.6 is 0 Å². The number of aryl methyl sites for hydroxylation is 1. The smallest absolute Gasteiger partial charge is 0.218 e. The number of benzene rings is 1. The van der Waals surface area contributed by atoms with E-state index in [1.807, 2.05) is 18.2 Å². The molecule has 2 bridgehead atoms. The van der Waals surface area contributed by atoms with Gasteiger partial charge in [-0.25, -0.2) is 0 Å². The molecule has 0 unspecified atom stereocenters. The van der Waals surface area contributed by atoms with Gasteiger partial charge in [0.2, 0.25) is 5.78 Å². The normalized spacial score (nSPS) is 25.8. The molecule has 1 aromatic carbocycles. The molecule has 0 radical (unpaired) electrons. The Hall–Kier alpha value is -1.91. The maximum atomic E-state index is 13.1. The molecule has 0 spiro atoms. The van der Waals surface area contributed by atoms with Gasteiger partial charge in [-0.15, -0.1) is 0 Å². The van der Waals surface area contributed by atoms with Crippen LogP contribution in [0.1, 0.15) is 21.7 Å². The van der Waals surface area contributed by atoms with Crippen molar-refractivity contribution in [3.63, 3.8) is 0 Å². The van der Waals surface area contributed by atoms with E-state index in [1.165, 1.54) is 0 Å². The maximum Gasteiger partial charge on any atom is 0.218 e. The SMILES string of the molecule is Cc1cc(C(=O)C[N+]23CCN(CC2)CC3)c(C)n1-c1ccccc1. The molecule has 24 heavy (non-hydrogen) atoms. The van der Waals surface area contributed by atoms with Crippen molar-refractivity contribution in [2.45, 2.75) is 13.8 Å². The largest absolute Gasteiger partial charge is 0.318 e. The summed E-state index contributed by atoms with van der Waals surface area (Å²) in [5, 5.41) is 0. The number of Topliss-reactive ketones (excluding diaryl/α,β-unsaturated/α-hetero) is 1. The Balaban J connectivity index is 1.61. The first kappa shape index (κ1) is 15.6. The Kier molecular flexibility index (Phi) is 3.82. The standard InChI is InChI=1S/C20H26N3O/c1-16-14-19(17(2)22(16)18-6-4-3-5-7-18)20(24)15-23-11-8-21(9-12-23)10-13-23/h3-7,14H,8-13,15H2,1-2H3/q+1. The van der Waals surface area contributed by atoms with Gasteiger partial charge < -0.3 is 9.05 Å². The van der Waals surface area contributed by atoms with E-state index in [9.17, 15) is 4.79 Å². The van der Waals surface area contributed by atoms with E-state index in [0.717, 1.165) is 66.4 Å². The fraction of sp³-hybridized carbons (Fsp3) is 0.450. The van der Waals surface area contributed by atoms with Gasteiger partial charge in [0.25, 0.3) is 0 Å². The summed E-state index contributed by atoms with van der Waals surface area (Å²) in [5.74, 6) is 0.306. The first-order chi connectivity index (χ1) is 11.6. The minimum atomic E-state index is 0.306. The average molecular weight is 324 g/mol. The number of carbonyl (C=O) groups excluding carboxylic acids is 1. The number of piperazine rings is 3. The van der Waals surface area contributed by atoms with Crippen molar-refractivity contribution < 1.29 is 9.28 Å². The molecule has 4 heteroatoms. The number of fused-ring (bicyclic) bond motifs is 3. The third kappa shape index (κ3) is 2.60. The van der Waals surface area contributed by atoms with Crippen LogP contribution in [0.2, 0.25) is 0 Å². The first-order valence-corrected chi connectivity index (χ1v) is 8.93. The molecule has 3 fully saturated rings. The topological polar surface area (TPSA) is 25.2 Å². The van der Waals surface area contributed by atoms with Crippen LogP contribution in [0, 0.1) is 13.8 Å². The van der Waals surface area contributed by atoms with E-state index < -0.39 is 0 Å². The van der Waals surface area contributed by atoms with Gasteiger partial charge in [0.1, 0.15) is 6.54 Å². The van der Waals surface area contributed by atoms with Crippen molar-refractivity contribution in [3.8, 4) is 5.69 Å². The van der Waals surface area contributed by atoms with Gasteiger partial charge in [-0.05, 0) is 32.0 Å². The fourth-order valence-corrected chi connectivity index (χ4v) is 4.38. The van der Waals surface area contributed by atoms with Crippen molar-refractivity contribution in [2.24, 2.45) is 0 Å². The zero-order valence-electron chi connectivity index (χ0n) is 14.7. The summed E-state index contributed by atoms with van der Waals surface area (Å²) in [6.07, 6.45) is 0. The highest BCUT2D eigenvalue weighted by Crippen LogP contribution is 2.24. The maximum absolute atomic E-state index is 13.1. The number of aromatic nitrogens is 1. The second kappa shape index (κ2) is 5.87. The Morgan fingerprint density at radius 2 is 1.67 bits per heavy atom. The van der Waals surface area contributed by atoms with Gasteiger partial charge in [-0.1, -0.05) is 18.2 Å². The highest BCUT2D eigenvalue weighted by atomic mass is 16.1. The molecule has 5 rings (SSSR count). The van der Waals surface area contributed by atoms with Crippen LogP contribution in [0.15, 0.2) is 36.4 Å². The predicted octanol–water partition coefficient (Wildman–Crippen LogP) is 2.42. The molecule has 126 valence electrons. The Morgan fingerprint density at radius 1 is 1.04 bits per heavy atom. The summed E-state index contributed by atoms with van der Waals surface area (Å²) in [4.78, 5) is 15.6. The fourth-order valence-electron chi connectivity index (χ4n) is 4.38. The van der Waals surface area contributed by atoms with E-state index in [1.54, 1.807) is 0 Å². The predicted molar refractivity (Wildman–Crippen MR) is 95.7 cm³/mol. The Labute approximate surface area is 143 Å². The first-order valence-electron chi connectivity index (χ1n) is 8.93. The van der Waals surface area contributed by atoms with E-state index in [-0.39, 0.29) is 0 Å². The van der Waals surface area contributed by atoms with Crippen LogP contribution < -0.4 is 0 Å². The number of nitrogens with zero attached hydrogens (tertiary/aromatic N) is 3. The molecular weight excluding hydrogens is 298 g/mol. The second-order valence-corrected chi connectivity index (χ2v) is 7.39. The molecule has 3 aliphatic rings. The highest BCUT2D eigenvalue weighted by molar-refractivity contribution is 5.98. The molecule has 0 N–H and O–H groups in total. The molecule has 4 nitrogen and oxygen atoms in total. The third-order valence-electron chi connectivity index (χ3n) is 5.90. The average Bonchev–Trinajstić information content (AvgIpc) is 2.91. The lowest BCUT2D eigenvalue weighted by Gasteiger charge is -2.50. The Morgan fingerprint density at radius 3 is 2.29 bits per heavy atom. The molecule has 4 heterocycles. The van der Waals surface area contributed by atoms with Crippen molar-refractivity contribution >= 4 is 5.78 Å². The summed E-state index contributed by atoms with van der Waals surface area (Å²) in [7, 11) is 0. The van der Waals surface area contributed by atoms with Crippen molar-refractivity contribution in [2.75, 3.05) is 45.8 Å². The monoisotopic (exact) mass is 324 g/mol. The zero-order valence-corrected chi connectivity index (χ0v) is 14.7. The summed E-state index contributed by atoms with van der Waals surface area (Å²) in [5.41, 5.74) is 4.23. The van der Waals surface area contributed by atoms with Gasteiger partial charge in [0, 0.05) is 42.3 Å². The van der Waals surface area contributed by atoms with Crippen LogP contribution in [0.3, 0.4) is 0 Å². The van der Waals surface area contributed by atoms with Crippen LogP contribution in [-0.2, 0) is 0 Å². The number of rotatable bonds is 4. The molecule has 0 saturated carbocycles. The number of para-hydroxylation sites is 1. The lowest BCUT2D eigenvalue weighted by atomic mass is 10.1. The number of hydrogen-bond acceptors (Lipinski definition) is 2. The van der Waals surface area contributed by atoms with E-state index >= 15 is 0 Å². The van der Waals surface area contributed by atoms with Crippen LogP contribution in [0.5, 0.6) is 0 Å². The van der Waals surface area contributed by atoms with Gasteiger partial charge in [-0.3, -0.25) is 9.69 Å². The molecule has 0 amide bonds. The molecule has 3 saturated heterocycles. The molecular formula is C20H26N3O+. The summed E-state index contributed by atoms with van der Waals surface area (Å²) in [6.45, 7) is 11.6. The minimum Gasteiger partial charge on any atom is -0.318 e. The zero-order chi connectivity index (χ0) is 16.7. The molecule has 0 atom stereocenters. The summed E-state index contributed by atoms with van der Waals surface area (Å²) >= 11 is 0. The van der Waals surface area contributed by atoms with Crippen LogP contribution in [0.25, 0.3) is 5.69 Å². The Bertz CT molecular complexity index is 741. The van der Waals surface area contributed by atoms with Crippen molar-refractivity contribution in [1.82, 2.24) is 9.47 Å². The lowest BCUT2D eigenvalue weighted by molar-refractivity contribution is -0.933. The van der Waals surface area contributed by atoms with Gasteiger partial charge in [0.15, 0.2) is 0 Å². The molecule has 3 aliphatic heterocycles. The second-order valence-electron chi connectivity index (χ2n) is 7.39. The lowest BCUT2D eigenvalue weighted by Crippen LogP contribution is -2.68. The highest BCUT2D eigenvalue weighted by Gasteiger charge is 2.40.